The molecule has 13 heteroatoms. The van der Waals surface area contributed by atoms with Crippen molar-refractivity contribution in [2.45, 2.75) is 18.9 Å². The molecule has 2 aromatic rings. The third kappa shape index (κ3) is 8.36. The van der Waals surface area contributed by atoms with Crippen molar-refractivity contribution < 1.29 is 64.3 Å². The quantitative estimate of drug-likeness (QED) is 0.103. The highest BCUT2D eigenvalue weighted by Crippen LogP contribution is 2.26. The molecule has 0 unspecified atom stereocenters. The fraction of sp³-hybridized carbons (Fsp3) is 0.136. The van der Waals surface area contributed by atoms with E-state index >= 15 is 0 Å². The minimum atomic E-state index is -2.61. The molecule has 7 N–H and O–H groups in total. The van der Waals surface area contributed by atoms with Crippen molar-refractivity contribution in [2.75, 3.05) is 0 Å². The van der Waals surface area contributed by atoms with Gasteiger partial charge in [-0.05, 0) is 47.5 Å². The Hall–Kier alpha value is -4.59. The Morgan fingerprint density at radius 2 is 1.17 bits per heavy atom. The summed E-state index contributed by atoms with van der Waals surface area (Å²) < 4.78 is 13.9. The standard InChI is InChI=1S/C22H20O13/c23-13-5-1-11(9-15(13)25)3-7-17(27)33-19(20(29)30)21(35-22(31)32)34-18(28)8-4-12-2-6-14(24)16(26)10-12/h1-10,19,21-26,31-32H,(H,29,30)/b7-3+,8-4+/t19-,21-/m1/s1. The predicted molar refractivity (Wildman–Crippen MR) is 114 cm³/mol. The van der Waals surface area contributed by atoms with E-state index in [0.717, 1.165) is 48.6 Å². The molecule has 0 aliphatic rings. The maximum absolute atomic E-state index is 12.1. The number of hydrogen-bond donors (Lipinski definition) is 7. The van der Waals surface area contributed by atoms with Gasteiger partial charge in [-0.3, -0.25) is 4.74 Å². The molecule has 2 aromatic carbocycles. The predicted octanol–water partition coefficient (Wildman–Crippen LogP) is 0.386. The molecule has 0 amide bonds. The van der Waals surface area contributed by atoms with Crippen LogP contribution >= 0.6 is 0 Å². The molecule has 0 aliphatic carbocycles. The van der Waals surface area contributed by atoms with E-state index in [0.29, 0.717) is 0 Å². The van der Waals surface area contributed by atoms with Crippen molar-refractivity contribution >= 4 is 30.1 Å². The van der Waals surface area contributed by atoms with E-state index in [-0.39, 0.29) is 11.1 Å². The first-order valence-electron chi connectivity index (χ1n) is 9.52. The van der Waals surface area contributed by atoms with E-state index in [1.807, 2.05) is 0 Å². The van der Waals surface area contributed by atoms with Gasteiger partial charge >= 0.3 is 17.9 Å². The third-order valence-corrected chi connectivity index (χ3v) is 4.04. The average Bonchev–Trinajstić information content (AvgIpc) is 2.78. The van der Waals surface area contributed by atoms with E-state index in [9.17, 15) is 39.9 Å². The summed E-state index contributed by atoms with van der Waals surface area (Å²) in [5.74, 6) is -6.14. The normalized spacial score (nSPS) is 13.1. The molecule has 13 nitrogen and oxygen atoms in total. The smallest absolute Gasteiger partial charge is 0.351 e. The molecular weight excluding hydrogens is 472 g/mol. The average molecular weight is 492 g/mol. The summed E-state index contributed by atoms with van der Waals surface area (Å²) in [5.41, 5.74) is 0.475. The summed E-state index contributed by atoms with van der Waals surface area (Å²) in [6, 6.07) is 7.13. The number of rotatable bonds is 10. The van der Waals surface area contributed by atoms with E-state index in [2.05, 4.69) is 4.74 Å². The summed E-state index contributed by atoms with van der Waals surface area (Å²) in [6.07, 6.45) is -0.883. The van der Waals surface area contributed by atoms with Crippen LogP contribution in [0, 0.1) is 0 Å². The molecular formula is C22H20O13. The van der Waals surface area contributed by atoms with Gasteiger partial charge in [-0.15, -0.1) is 0 Å². The van der Waals surface area contributed by atoms with Crippen LogP contribution < -0.4 is 0 Å². The molecule has 2 atom stereocenters. The highest BCUT2D eigenvalue weighted by molar-refractivity contribution is 5.90. The van der Waals surface area contributed by atoms with Crippen molar-refractivity contribution in [3.8, 4) is 23.0 Å². The Balaban J connectivity index is 2.13. The Morgan fingerprint density at radius 3 is 1.57 bits per heavy atom. The van der Waals surface area contributed by atoms with Gasteiger partial charge in [0.1, 0.15) is 0 Å². The first-order chi connectivity index (χ1) is 16.5. The second-order valence-corrected chi connectivity index (χ2v) is 6.63. The number of esters is 2. The molecule has 0 bridgehead atoms. The largest absolute Gasteiger partial charge is 0.504 e. The van der Waals surface area contributed by atoms with Gasteiger partial charge in [-0.2, -0.15) is 0 Å². The van der Waals surface area contributed by atoms with Crippen LogP contribution in [0.3, 0.4) is 0 Å². The zero-order valence-electron chi connectivity index (χ0n) is 17.6. The second kappa shape index (κ2) is 12.0. The number of aliphatic carboxylic acids is 1. The molecule has 0 spiro atoms. The Bertz CT molecular complexity index is 1140. The number of aliphatic hydroxyl groups excluding tert-OH is 1. The summed E-state index contributed by atoms with van der Waals surface area (Å²) in [5, 5.41) is 64.9. The van der Waals surface area contributed by atoms with Crippen LogP contribution in [0.2, 0.25) is 0 Å². The first-order valence-corrected chi connectivity index (χ1v) is 9.52. The molecule has 0 aromatic heterocycles. The van der Waals surface area contributed by atoms with Gasteiger partial charge in [0.05, 0.1) is 0 Å². The van der Waals surface area contributed by atoms with Crippen LogP contribution in [-0.2, 0) is 28.6 Å². The Morgan fingerprint density at radius 1 is 0.714 bits per heavy atom. The van der Waals surface area contributed by atoms with Crippen molar-refractivity contribution in [1.82, 2.24) is 0 Å². The maximum atomic E-state index is 12.1. The van der Waals surface area contributed by atoms with Crippen LogP contribution in [0.4, 0.5) is 0 Å². The number of phenolic OH excluding ortho intramolecular Hbond substituents is 4. The molecule has 0 radical (unpaired) electrons. The number of phenols is 4. The van der Waals surface area contributed by atoms with Crippen LogP contribution in [0.25, 0.3) is 12.2 Å². The number of carbonyl (C=O) groups excluding carboxylic acids is 2. The minimum Gasteiger partial charge on any atom is -0.504 e. The molecule has 186 valence electrons. The molecule has 0 aliphatic heterocycles. The van der Waals surface area contributed by atoms with E-state index in [1.165, 1.54) is 12.1 Å². The van der Waals surface area contributed by atoms with Crippen LogP contribution in [-0.4, -0.2) is 72.5 Å². The minimum absolute atomic E-state index is 0.236. The highest BCUT2D eigenvalue weighted by atomic mass is 16.8. The van der Waals surface area contributed by atoms with Crippen molar-refractivity contribution in [3.63, 3.8) is 0 Å². The third-order valence-electron chi connectivity index (χ3n) is 4.04. The van der Waals surface area contributed by atoms with Gasteiger partial charge in [-0.1, -0.05) is 12.1 Å². The highest BCUT2D eigenvalue weighted by Gasteiger charge is 2.37. The summed E-state index contributed by atoms with van der Waals surface area (Å²) in [4.78, 5) is 35.7. The number of benzene rings is 2. The van der Waals surface area contributed by atoms with Crippen molar-refractivity contribution in [2.24, 2.45) is 0 Å². The number of carboxylic acids is 1. The summed E-state index contributed by atoms with van der Waals surface area (Å²) >= 11 is 0. The Kier molecular flexibility index (Phi) is 9.17. The van der Waals surface area contributed by atoms with Crippen LogP contribution in [0.1, 0.15) is 11.1 Å². The number of carbonyl (C=O) groups is 3. The molecule has 2 rings (SSSR count). The number of aromatic hydroxyl groups is 4. The number of hydrogen-bond acceptors (Lipinski definition) is 12. The number of carboxylic acid groups (broad SMARTS) is 1. The molecule has 0 heterocycles. The van der Waals surface area contributed by atoms with Gasteiger partial charge in [0.2, 0.25) is 0 Å². The zero-order valence-corrected chi connectivity index (χ0v) is 17.6. The molecule has 0 fully saturated rings. The Labute approximate surface area is 196 Å². The summed E-state index contributed by atoms with van der Waals surface area (Å²) in [6.45, 7) is -2.61. The molecule has 35 heavy (non-hydrogen) atoms. The lowest BCUT2D eigenvalue weighted by Gasteiger charge is -2.23. The maximum Gasteiger partial charge on any atom is 0.351 e. The van der Waals surface area contributed by atoms with E-state index < -0.39 is 59.8 Å². The lowest BCUT2D eigenvalue weighted by molar-refractivity contribution is -0.314. The van der Waals surface area contributed by atoms with Gasteiger partial charge in [0.15, 0.2) is 23.0 Å². The first kappa shape index (κ1) is 26.7. The van der Waals surface area contributed by atoms with Gasteiger partial charge in [0, 0.05) is 12.2 Å². The fourth-order valence-corrected chi connectivity index (χ4v) is 2.44. The zero-order chi connectivity index (χ0) is 26.1. The number of aliphatic hydroxyl groups is 2. The fourth-order valence-electron chi connectivity index (χ4n) is 2.44. The lowest BCUT2D eigenvalue weighted by Crippen LogP contribution is -2.44. The number of ether oxygens (including phenoxy) is 3. The van der Waals surface area contributed by atoms with Gasteiger partial charge in [-0.25, -0.2) is 14.4 Å². The second-order valence-electron chi connectivity index (χ2n) is 6.63. The summed E-state index contributed by atoms with van der Waals surface area (Å²) in [7, 11) is 0. The van der Waals surface area contributed by atoms with Crippen molar-refractivity contribution in [1.29, 1.82) is 0 Å². The monoisotopic (exact) mass is 492 g/mol. The topological polar surface area (TPSA) is 221 Å². The van der Waals surface area contributed by atoms with Crippen molar-refractivity contribution in [3.05, 3.63) is 59.7 Å². The van der Waals surface area contributed by atoms with Gasteiger partial charge < -0.3 is 45.2 Å². The molecule has 0 saturated carbocycles. The van der Waals surface area contributed by atoms with E-state index in [4.69, 9.17) is 19.7 Å². The van der Waals surface area contributed by atoms with Crippen LogP contribution in [0.5, 0.6) is 23.0 Å². The SMILES string of the molecule is O=C(/C=C/c1ccc(O)c(O)c1)O[C@H](OC(O)O)[C@H](OC(=O)/C=C/c1ccc(O)c(O)c1)C(=O)O. The molecule has 0 saturated heterocycles. The van der Waals surface area contributed by atoms with Gasteiger partial charge in [0.25, 0.3) is 18.9 Å². The van der Waals surface area contributed by atoms with Crippen LogP contribution in [0.15, 0.2) is 48.6 Å². The van der Waals surface area contributed by atoms with E-state index in [1.54, 1.807) is 0 Å². The lowest BCUT2D eigenvalue weighted by atomic mass is 10.2.